The van der Waals surface area contributed by atoms with Crippen LogP contribution < -0.4 is 0 Å². The molecule has 0 aliphatic rings. The van der Waals surface area contributed by atoms with Gasteiger partial charge in [-0.3, -0.25) is 4.79 Å². The summed E-state index contributed by atoms with van der Waals surface area (Å²) in [6.45, 7) is 14.9. The van der Waals surface area contributed by atoms with E-state index in [-0.39, 0.29) is 16.6 Å². The van der Waals surface area contributed by atoms with E-state index in [4.69, 9.17) is 0 Å². The van der Waals surface area contributed by atoms with E-state index < -0.39 is 0 Å². The SMILES string of the molecule is CCCCCCCCCCCCCCCCCCCC(=O)c1cc(C(C)(C)C)c(O)c(C(C)(C)C)c1. The normalized spacial score (nSPS) is 12.3. The molecule has 36 heavy (non-hydrogen) atoms. The van der Waals surface area contributed by atoms with Gasteiger partial charge in [-0.15, -0.1) is 0 Å². The topological polar surface area (TPSA) is 37.3 Å². The van der Waals surface area contributed by atoms with Crippen LogP contribution in [0.25, 0.3) is 0 Å². The Morgan fingerprint density at radius 3 is 1.19 bits per heavy atom. The van der Waals surface area contributed by atoms with E-state index in [2.05, 4.69) is 48.5 Å². The highest BCUT2D eigenvalue weighted by Gasteiger charge is 2.27. The molecule has 0 heterocycles. The number of ketones is 1. The van der Waals surface area contributed by atoms with Crippen molar-refractivity contribution in [2.24, 2.45) is 0 Å². The quantitative estimate of drug-likeness (QED) is 0.151. The molecule has 1 rings (SSSR count). The second-order valence-corrected chi connectivity index (χ2v) is 13.3. The smallest absolute Gasteiger partial charge is 0.162 e. The number of hydrogen-bond donors (Lipinski definition) is 1. The van der Waals surface area contributed by atoms with Crippen molar-refractivity contribution in [3.8, 4) is 5.75 Å². The zero-order chi connectivity index (χ0) is 27.0. The minimum Gasteiger partial charge on any atom is -0.507 e. The molecule has 0 aliphatic carbocycles. The minimum absolute atomic E-state index is 0.200. The van der Waals surface area contributed by atoms with E-state index in [0.29, 0.717) is 12.2 Å². The molecule has 1 aromatic carbocycles. The van der Waals surface area contributed by atoms with Gasteiger partial charge in [0.15, 0.2) is 5.78 Å². The second-order valence-electron chi connectivity index (χ2n) is 13.3. The molecule has 208 valence electrons. The largest absolute Gasteiger partial charge is 0.507 e. The average Bonchev–Trinajstić information content (AvgIpc) is 2.79. The van der Waals surface area contributed by atoms with Crippen molar-refractivity contribution in [1.82, 2.24) is 0 Å². The molecule has 0 radical (unpaired) electrons. The van der Waals surface area contributed by atoms with Crippen LogP contribution in [0, 0.1) is 0 Å². The number of carbonyl (C=O) groups is 1. The minimum atomic E-state index is -0.200. The van der Waals surface area contributed by atoms with Crippen LogP contribution in [-0.4, -0.2) is 10.9 Å². The number of aromatic hydroxyl groups is 1. The van der Waals surface area contributed by atoms with Gasteiger partial charge in [-0.05, 0) is 29.4 Å². The summed E-state index contributed by atoms with van der Waals surface area (Å²) in [5, 5.41) is 10.9. The Kier molecular flexibility index (Phi) is 15.7. The van der Waals surface area contributed by atoms with Crippen LogP contribution in [0.1, 0.15) is 186 Å². The average molecular weight is 501 g/mol. The summed E-state index contributed by atoms with van der Waals surface area (Å²) in [5.74, 6) is 0.566. The van der Waals surface area contributed by atoms with Gasteiger partial charge < -0.3 is 5.11 Å². The van der Waals surface area contributed by atoms with E-state index in [1.807, 2.05) is 12.1 Å². The number of benzene rings is 1. The Bertz CT molecular complexity index is 698. The molecule has 0 bridgehead atoms. The highest BCUT2D eigenvalue weighted by Crippen LogP contribution is 2.40. The Morgan fingerprint density at radius 2 is 0.889 bits per heavy atom. The summed E-state index contributed by atoms with van der Waals surface area (Å²) < 4.78 is 0. The van der Waals surface area contributed by atoms with Gasteiger partial charge in [-0.25, -0.2) is 0 Å². The van der Waals surface area contributed by atoms with Gasteiger partial charge in [0, 0.05) is 23.1 Å². The van der Waals surface area contributed by atoms with E-state index in [1.54, 1.807) is 0 Å². The lowest BCUT2D eigenvalue weighted by atomic mass is 9.78. The second kappa shape index (κ2) is 17.2. The van der Waals surface area contributed by atoms with Gasteiger partial charge in [-0.1, -0.05) is 151 Å². The maximum absolute atomic E-state index is 13.0. The fourth-order valence-electron chi connectivity index (χ4n) is 5.09. The summed E-state index contributed by atoms with van der Waals surface area (Å²) >= 11 is 0. The van der Waals surface area contributed by atoms with E-state index >= 15 is 0 Å². The third-order valence-corrected chi connectivity index (χ3v) is 7.56. The lowest BCUT2D eigenvalue weighted by Gasteiger charge is -2.28. The lowest BCUT2D eigenvalue weighted by Crippen LogP contribution is -2.18. The highest BCUT2D eigenvalue weighted by atomic mass is 16.3. The molecule has 0 aromatic heterocycles. The van der Waals surface area contributed by atoms with Crippen molar-refractivity contribution in [3.63, 3.8) is 0 Å². The summed E-state index contributed by atoms with van der Waals surface area (Å²) in [6.07, 6.45) is 23.5. The van der Waals surface area contributed by atoms with Crippen LogP contribution in [-0.2, 0) is 10.8 Å². The van der Waals surface area contributed by atoms with Crippen molar-refractivity contribution in [2.75, 3.05) is 0 Å². The van der Waals surface area contributed by atoms with E-state index in [0.717, 1.165) is 29.5 Å². The molecular weight excluding hydrogens is 440 g/mol. The van der Waals surface area contributed by atoms with Gasteiger partial charge in [-0.2, -0.15) is 0 Å². The first-order valence-corrected chi connectivity index (χ1v) is 15.4. The number of phenolic OH excluding ortho intramolecular Hbond substituents is 1. The molecule has 1 N–H and O–H groups in total. The van der Waals surface area contributed by atoms with Crippen LogP contribution in [0.2, 0.25) is 0 Å². The number of hydrogen-bond acceptors (Lipinski definition) is 2. The van der Waals surface area contributed by atoms with Crippen LogP contribution in [0.3, 0.4) is 0 Å². The Labute approximate surface area is 225 Å². The van der Waals surface area contributed by atoms with Crippen molar-refractivity contribution >= 4 is 5.78 Å². The van der Waals surface area contributed by atoms with Gasteiger partial charge in [0.25, 0.3) is 0 Å². The Morgan fingerprint density at radius 1 is 0.583 bits per heavy atom. The van der Waals surface area contributed by atoms with Gasteiger partial charge in [0.1, 0.15) is 5.75 Å². The maximum Gasteiger partial charge on any atom is 0.162 e. The molecule has 2 heteroatoms. The first kappa shape index (κ1) is 32.7. The van der Waals surface area contributed by atoms with Crippen molar-refractivity contribution in [2.45, 2.75) is 175 Å². The number of phenols is 1. The van der Waals surface area contributed by atoms with E-state index in [9.17, 15) is 9.90 Å². The maximum atomic E-state index is 13.0. The summed E-state index contributed by atoms with van der Waals surface area (Å²) in [7, 11) is 0. The van der Waals surface area contributed by atoms with Crippen molar-refractivity contribution in [1.29, 1.82) is 0 Å². The third kappa shape index (κ3) is 13.3. The molecule has 0 unspecified atom stereocenters. The number of carbonyl (C=O) groups excluding carboxylic acids is 1. The van der Waals surface area contributed by atoms with Crippen molar-refractivity contribution < 1.29 is 9.90 Å². The number of rotatable bonds is 19. The Hall–Kier alpha value is -1.31. The zero-order valence-electron chi connectivity index (χ0n) is 25.2. The summed E-state index contributed by atoms with van der Waals surface area (Å²) in [6, 6.07) is 3.86. The molecular formula is C34H60O2. The molecule has 0 atom stereocenters. The van der Waals surface area contributed by atoms with Gasteiger partial charge in [0.2, 0.25) is 0 Å². The molecule has 0 spiro atoms. The predicted octanol–water partition coefficient (Wildman–Crippen LogP) is 11.2. The fourth-order valence-corrected chi connectivity index (χ4v) is 5.09. The lowest BCUT2D eigenvalue weighted by molar-refractivity contribution is 0.0978. The van der Waals surface area contributed by atoms with Crippen molar-refractivity contribution in [3.05, 3.63) is 28.8 Å². The highest BCUT2D eigenvalue weighted by molar-refractivity contribution is 5.96. The van der Waals surface area contributed by atoms with Gasteiger partial charge in [0.05, 0.1) is 0 Å². The van der Waals surface area contributed by atoms with Crippen LogP contribution in [0.15, 0.2) is 12.1 Å². The van der Waals surface area contributed by atoms with Crippen LogP contribution in [0.4, 0.5) is 0 Å². The molecule has 1 aromatic rings. The molecule has 0 aliphatic heterocycles. The number of unbranched alkanes of at least 4 members (excludes halogenated alkanes) is 16. The standard InChI is InChI=1S/C34H60O2/c1-8-9-10-11-12-13-14-15-16-17-18-19-20-21-22-23-24-25-31(35)28-26-29(33(2,3)4)32(36)30(27-28)34(5,6)7/h26-27,36H,8-25H2,1-7H3. The molecule has 0 saturated heterocycles. The molecule has 2 nitrogen and oxygen atoms in total. The third-order valence-electron chi connectivity index (χ3n) is 7.56. The molecule has 0 fully saturated rings. The first-order chi connectivity index (χ1) is 17.0. The molecule has 0 saturated carbocycles. The Balaban J connectivity index is 2.20. The summed E-state index contributed by atoms with van der Waals surface area (Å²) in [4.78, 5) is 13.0. The van der Waals surface area contributed by atoms with Gasteiger partial charge >= 0.3 is 0 Å². The fraction of sp³-hybridized carbons (Fsp3) is 0.794. The monoisotopic (exact) mass is 500 g/mol. The summed E-state index contributed by atoms with van der Waals surface area (Å²) in [5.41, 5.74) is 2.11. The molecule has 0 amide bonds. The van der Waals surface area contributed by atoms with Crippen LogP contribution in [0.5, 0.6) is 5.75 Å². The zero-order valence-corrected chi connectivity index (χ0v) is 25.2. The number of Topliss-reactive ketones (excluding diaryl/α,β-unsaturated/α-hetero) is 1. The van der Waals surface area contributed by atoms with E-state index in [1.165, 1.54) is 96.3 Å². The van der Waals surface area contributed by atoms with Crippen LogP contribution >= 0.6 is 0 Å². The first-order valence-electron chi connectivity index (χ1n) is 15.4. The predicted molar refractivity (Wildman–Crippen MR) is 159 cm³/mol.